The van der Waals surface area contributed by atoms with Gasteiger partial charge in [-0.1, -0.05) is 0 Å². The maximum absolute atomic E-state index is 8.72. The van der Waals surface area contributed by atoms with Gasteiger partial charge >= 0.3 is 0 Å². The lowest BCUT2D eigenvalue weighted by molar-refractivity contribution is 0.0370. The number of morpholine rings is 1. The molecule has 4 nitrogen and oxygen atoms in total. The predicted molar refractivity (Wildman–Crippen MR) is 55.0 cm³/mol. The number of hydrogen-bond donors (Lipinski definition) is 1. The first-order valence-electron chi connectivity index (χ1n) is 5.24. The van der Waals surface area contributed by atoms with Crippen LogP contribution in [0, 0.1) is 11.3 Å². The average molecular weight is 197 g/mol. The first-order valence-corrected chi connectivity index (χ1v) is 5.24. The van der Waals surface area contributed by atoms with Gasteiger partial charge in [0.15, 0.2) is 0 Å². The highest BCUT2D eigenvalue weighted by Gasteiger charge is 2.10. The molecule has 0 aromatic carbocycles. The van der Waals surface area contributed by atoms with Crippen LogP contribution >= 0.6 is 0 Å². The van der Waals surface area contributed by atoms with Crippen LogP contribution in [0.1, 0.15) is 12.8 Å². The number of nitrogens with one attached hydrogen (secondary N) is 1. The fourth-order valence-electron chi connectivity index (χ4n) is 1.62. The lowest BCUT2D eigenvalue weighted by Crippen LogP contribution is -2.37. The van der Waals surface area contributed by atoms with E-state index in [1.54, 1.807) is 0 Å². The van der Waals surface area contributed by atoms with E-state index in [4.69, 9.17) is 10.00 Å². The highest BCUT2D eigenvalue weighted by atomic mass is 16.5. The molecule has 0 bridgehead atoms. The smallest absolute Gasteiger partial charge is 0.0951 e. The fraction of sp³-hybridized carbons (Fsp3) is 0.900. The molecule has 0 aromatic heterocycles. The number of rotatable bonds is 5. The summed E-state index contributed by atoms with van der Waals surface area (Å²) < 4.78 is 5.26. The molecule has 14 heavy (non-hydrogen) atoms. The summed E-state index contributed by atoms with van der Waals surface area (Å²) in [4.78, 5) is 2.40. The largest absolute Gasteiger partial charge is 0.379 e. The Balaban J connectivity index is 2.05. The van der Waals surface area contributed by atoms with E-state index in [0.29, 0.717) is 0 Å². The first kappa shape index (κ1) is 11.4. The average Bonchev–Trinajstić information content (AvgIpc) is 2.26. The molecular weight excluding hydrogens is 178 g/mol. The van der Waals surface area contributed by atoms with E-state index in [2.05, 4.69) is 16.3 Å². The number of nitrogens with zero attached hydrogens (tertiary/aromatic N) is 2. The second-order valence-corrected chi connectivity index (χ2v) is 3.57. The van der Waals surface area contributed by atoms with Crippen molar-refractivity contribution in [2.45, 2.75) is 18.9 Å². The van der Waals surface area contributed by atoms with Crippen LogP contribution in [0.4, 0.5) is 0 Å². The van der Waals surface area contributed by atoms with Crippen molar-refractivity contribution in [1.29, 1.82) is 5.26 Å². The van der Waals surface area contributed by atoms with Gasteiger partial charge in [-0.05, 0) is 26.4 Å². The molecular formula is C10H19N3O. The molecule has 1 unspecified atom stereocenters. The Morgan fingerprint density at radius 1 is 1.50 bits per heavy atom. The van der Waals surface area contributed by atoms with Crippen molar-refractivity contribution >= 4 is 0 Å². The summed E-state index contributed by atoms with van der Waals surface area (Å²) in [6, 6.07) is 2.25. The van der Waals surface area contributed by atoms with E-state index < -0.39 is 0 Å². The molecule has 0 radical (unpaired) electrons. The van der Waals surface area contributed by atoms with Gasteiger partial charge in [-0.15, -0.1) is 0 Å². The number of ether oxygens (including phenoxy) is 1. The third kappa shape index (κ3) is 4.05. The molecule has 0 amide bonds. The molecule has 4 heteroatoms. The highest BCUT2D eigenvalue weighted by molar-refractivity contribution is 4.88. The standard InChI is InChI=1S/C10H19N3O/c1-12-10(9-11)3-2-4-13-5-7-14-8-6-13/h10,12H,2-8H2,1H3. The molecule has 1 heterocycles. The van der Waals surface area contributed by atoms with Crippen LogP contribution < -0.4 is 5.32 Å². The SMILES string of the molecule is CNC(C#N)CCCN1CCOCC1. The van der Waals surface area contributed by atoms with Crippen LogP contribution in [0.5, 0.6) is 0 Å². The van der Waals surface area contributed by atoms with E-state index in [9.17, 15) is 0 Å². The molecule has 0 aliphatic carbocycles. The topological polar surface area (TPSA) is 48.3 Å². The molecule has 1 aliphatic heterocycles. The van der Waals surface area contributed by atoms with Gasteiger partial charge in [0.05, 0.1) is 25.3 Å². The highest BCUT2D eigenvalue weighted by Crippen LogP contribution is 2.01. The second kappa shape index (κ2) is 6.77. The van der Waals surface area contributed by atoms with E-state index in [1.165, 1.54) is 0 Å². The molecule has 1 rings (SSSR count). The molecule has 0 saturated carbocycles. The quantitative estimate of drug-likeness (QED) is 0.684. The molecule has 1 N–H and O–H groups in total. The molecule has 0 aromatic rings. The maximum atomic E-state index is 8.72. The number of hydrogen-bond acceptors (Lipinski definition) is 4. The second-order valence-electron chi connectivity index (χ2n) is 3.57. The Labute approximate surface area is 85.8 Å². The van der Waals surface area contributed by atoms with Crippen LogP contribution in [0.25, 0.3) is 0 Å². The minimum absolute atomic E-state index is 0.0102. The van der Waals surface area contributed by atoms with Crippen LogP contribution in [0.15, 0.2) is 0 Å². The molecule has 1 atom stereocenters. The van der Waals surface area contributed by atoms with E-state index in [-0.39, 0.29) is 6.04 Å². The van der Waals surface area contributed by atoms with Gasteiger partial charge in [0, 0.05) is 13.1 Å². The third-order valence-corrected chi connectivity index (χ3v) is 2.58. The Morgan fingerprint density at radius 2 is 2.21 bits per heavy atom. The zero-order valence-corrected chi connectivity index (χ0v) is 8.83. The number of nitriles is 1. The van der Waals surface area contributed by atoms with Gasteiger partial charge in [0.1, 0.15) is 0 Å². The molecule has 1 fully saturated rings. The fourth-order valence-corrected chi connectivity index (χ4v) is 1.62. The Hall–Kier alpha value is -0.630. The summed E-state index contributed by atoms with van der Waals surface area (Å²) in [6.07, 6.45) is 2.02. The molecule has 1 aliphatic rings. The lowest BCUT2D eigenvalue weighted by atomic mass is 10.1. The summed E-state index contributed by atoms with van der Waals surface area (Å²) in [5.74, 6) is 0. The lowest BCUT2D eigenvalue weighted by Gasteiger charge is -2.26. The van der Waals surface area contributed by atoms with E-state index in [1.807, 2.05) is 7.05 Å². The van der Waals surface area contributed by atoms with Crippen molar-refractivity contribution in [3.8, 4) is 6.07 Å². The van der Waals surface area contributed by atoms with Gasteiger partial charge in [0.25, 0.3) is 0 Å². The van der Waals surface area contributed by atoms with Gasteiger partial charge in [-0.2, -0.15) is 5.26 Å². The van der Waals surface area contributed by atoms with E-state index >= 15 is 0 Å². The summed E-state index contributed by atoms with van der Waals surface area (Å²) in [7, 11) is 1.84. The Morgan fingerprint density at radius 3 is 2.79 bits per heavy atom. The van der Waals surface area contributed by atoms with Gasteiger partial charge < -0.3 is 10.1 Å². The van der Waals surface area contributed by atoms with Crippen molar-refractivity contribution in [2.24, 2.45) is 0 Å². The van der Waals surface area contributed by atoms with Gasteiger partial charge in [-0.3, -0.25) is 4.90 Å². The Bertz CT molecular complexity index is 184. The molecule has 0 spiro atoms. The van der Waals surface area contributed by atoms with Gasteiger partial charge in [-0.25, -0.2) is 0 Å². The normalized spacial score (nSPS) is 20.3. The monoisotopic (exact) mass is 197 g/mol. The molecule has 80 valence electrons. The maximum Gasteiger partial charge on any atom is 0.0951 e. The minimum Gasteiger partial charge on any atom is -0.379 e. The van der Waals surface area contributed by atoms with Crippen molar-refractivity contribution in [3.63, 3.8) is 0 Å². The zero-order chi connectivity index (χ0) is 10.2. The summed E-state index contributed by atoms with van der Waals surface area (Å²) in [5, 5.41) is 11.7. The first-order chi connectivity index (χ1) is 6.86. The van der Waals surface area contributed by atoms with Crippen LogP contribution in [0.2, 0.25) is 0 Å². The van der Waals surface area contributed by atoms with Gasteiger partial charge in [0.2, 0.25) is 0 Å². The molecule has 1 saturated heterocycles. The van der Waals surface area contributed by atoms with Crippen molar-refractivity contribution < 1.29 is 4.74 Å². The zero-order valence-electron chi connectivity index (χ0n) is 8.83. The predicted octanol–water partition coefficient (Wildman–Crippen LogP) is 0.210. The van der Waals surface area contributed by atoms with Crippen LogP contribution in [-0.2, 0) is 4.74 Å². The van der Waals surface area contributed by atoms with Crippen LogP contribution in [0.3, 0.4) is 0 Å². The van der Waals surface area contributed by atoms with Crippen LogP contribution in [-0.4, -0.2) is 50.8 Å². The van der Waals surface area contributed by atoms with Crippen molar-refractivity contribution in [2.75, 3.05) is 39.9 Å². The third-order valence-electron chi connectivity index (χ3n) is 2.58. The Kier molecular flexibility index (Phi) is 5.53. The van der Waals surface area contributed by atoms with Crippen molar-refractivity contribution in [1.82, 2.24) is 10.2 Å². The minimum atomic E-state index is 0.0102. The van der Waals surface area contributed by atoms with E-state index in [0.717, 1.165) is 45.7 Å². The summed E-state index contributed by atoms with van der Waals surface area (Å²) in [6.45, 7) is 4.87. The van der Waals surface area contributed by atoms with Crippen molar-refractivity contribution in [3.05, 3.63) is 0 Å². The summed E-state index contributed by atoms with van der Waals surface area (Å²) >= 11 is 0. The summed E-state index contributed by atoms with van der Waals surface area (Å²) in [5.41, 5.74) is 0.